The van der Waals surface area contributed by atoms with E-state index in [0.29, 0.717) is 5.92 Å². The van der Waals surface area contributed by atoms with Gasteiger partial charge >= 0.3 is 0 Å². The van der Waals surface area contributed by atoms with E-state index < -0.39 is 0 Å². The molecule has 0 unspecified atom stereocenters. The summed E-state index contributed by atoms with van der Waals surface area (Å²) in [5, 5.41) is 0. The molecular formula is C26H51N. The Morgan fingerprint density at radius 3 is 1.52 bits per heavy atom. The maximum absolute atomic E-state index is 5.22. The van der Waals surface area contributed by atoms with E-state index in [1.165, 1.54) is 103 Å². The molecule has 27 heavy (non-hydrogen) atoms. The first-order chi connectivity index (χ1) is 13.4. The second-order valence-corrected chi connectivity index (χ2v) is 7.31. The zero-order chi connectivity index (χ0) is 20.6. The molecule has 0 aromatic rings. The van der Waals surface area contributed by atoms with Crippen LogP contribution in [-0.4, -0.2) is 0 Å². The molecule has 2 aliphatic carbocycles. The summed E-state index contributed by atoms with van der Waals surface area (Å²) in [4.78, 5) is 0. The van der Waals surface area contributed by atoms with E-state index in [1.54, 1.807) is 6.08 Å². The third-order valence-electron chi connectivity index (χ3n) is 5.37. The normalized spacial score (nSPS) is 19.0. The SMILES string of the molecule is CC.CC.CCC1CCCCCCC1.N/C=C/C#CC1CCCCCCC1. The Balaban J connectivity index is 0. The van der Waals surface area contributed by atoms with Crippen LogP contribution in [0.1, 0.15) is 131 Å². The molecule has 160 valence electrons. The predicted molar refractivity (Wildman–Crippen MR) is 126 cm³/mol. The first kappa shape index (κ1) is 28.3. The summed E-state index contributed by atoms with van der Waals surface area (Å²) in [7, 11) is 0. The molecule has 0 aromatic heterocycles. The van der Waals surface area contributed by atoms with Crippen molar-refractivity contribution >= 4 is 0 Å². The fourth-order valence-electron chi connectivity index (χ4n) is 3.76. The molecule has 0 aromatic carbocycles. The lowest BCUT2D eigenvalue weighted by molar-refractivity contribution is 0.369. The zero-order valence-corrected chi connectivity index (χ0v) is 19.5. The molecule has 2 aliphatic rings. The average molecular weight is 378 g/mol. The van der Waals surface area contributed by atoms with Gasteiger partial charge < -0.3 is 5.73 Å². The molecule has 0 saturated heterocycles. The lowest BCUT2D eigenvalue weighted by atomic mass is 9.90. The van der Waals surface area contributed by atoms with Crippen molar-refractivity contribution in [1.29, 1.82) is 0 Å². The molecule has 0 aliphatic heterocycles. The van der Waals surface area contributed by atoms with Crippen molar-refractivity contribution in [3.05, 3.63) is 12.3 Å². The molecule has 2 N–H and O–H groups in total. The molecule has 0 bridgehead atoms. The van der Waals surface area contributed by atoms with Gasteiger partial charge in [-0.15, -0.1) is 0 Å². The van der Waals surface area contributed by atoms with Gasteiger partial charge in [-0.3, -0.25) is 0 Å². The maximum Gasteiger partial charge on any atom is 0.0206 e. The first-order valence-corrected chi connectivity index (χ1v) is 12.2. The third kappa shape index (κ3) is 19.7. The molecule has 2 rings (SSSR count). The van der Waals surface area contributed by atoms with Crippen LogP contribution in [0.25, 0.3) is 0 Å². The van der Waals surface area contributed by atoms with Crippen molar-refractivity contribution in [1.82, 2.24) is 0 Å². The molecule has 2 fully saturated rings. The summed E-state index contributed by atoms with van der Waals surface area (Å²) in [6, 6.07) is 0. The van der Waals surface area contributed by atoms with Gasteiger partial charge in [0, 0.05) is 18.2 Å². The van der Waals surface area contributed by atoms with Crippen molar-refractivity contribution in [2.45, 2.75) is 131 Å². The van der Waals surface area contributed by atoms with Crippen molar-refractivity contribution in [2.75, 3.05) is 0 Å². The van der Waals surface area contributed by atoms with Gasteiger partial charge in [-0.05, 0) is 18.8 Å². The van der Waals surface area contributed by atoms with Gasteiger partial charge in [0.25, 0.3) is 0 Å². The molecule has 0 amide bonds. The molecular weight excluding hydrogens is 326 g/mol. The Kier molecular flexibility index (Phi) is 26.3. The van der Waals surface area contributed by atoms with Gasteiger partial charge in [-0.1, -0.05) is 130 Å². The molecule has 1 heteroatoms. The van der Waals surface area contributed by atoms with Crippen LogP contribution < -0.4 is 5.73 Å². The molecule has 0 atom stereocenters. The second kappa shape index (κ2) is 25.1. The van der Waals surface area contributed by atoms with Crippen molar-refractivity contribution < 1.29 is 0 Å². The Morgan fingerprint density at radius 2 is 1.11 bits per heavy atom. The number of nitrogens with two attached hydrogens (primary N) is 1. The number of hydrogen-bond donors (Lipinski definition) is 1. The highest BCUT2D eigenvalue weighted by molar-refractivity contribution is 5.16. The largest absolute Gasteiger partial charge is 0.404 e. The van der Waals surface area contributed by atoms with E-state index in [0.717, 1.165) is 5.92 Å². The first-order valence-electron chi connectivity index (χ1n) is 12.2. The predicted octanol–water partition coefficient (Wildman–Crippen LogP) is 8.63. The second-order valence-electron chi connectivity index (χ2n) is 7.31. The number of hydrogen-bond acceptors (Lipinski definition) is 1. The fraction of sp³-hybridized carbons (Fsp3) is 0.846. The Bertz CT molecular complexity index is 331. The van der Waals surface area contributed by atoms with Crippen molar-refractivity contribution in [2.24, 2.45) is 17.6 Å². The van der Waals surface area contributed by atoms with Gasteiger partial charge in [-0.2, -0.15) is 0 Å². The van der Waals surface area contributed by atoms with E-state index >= 15 is 0 Å². The van der Waals surface area contributed by atoms with E-state index in [4.69, 9.17) is 5.73 Å². The smallest absolute Gasteiger partial charge is 0.0206 e. The lowest BCUT2D eigenvalue weighted by Gasteiger charge is -2.17. The van der Waals surface area contributed by atoms with E-state index in [1.807, 2.05) is 27.7 Å². The zero-order valence-electron chi connectivity index (χ0n) is 19.5. The quantitative estimate of drug-likeness (QED) is 0.454. The average Bonchev–Trinajstić information content (AvgIpc) is 2.67. The van der Waals surface area contributed by atoms with Crippen LogP contribution in [0.3, 0.4) is 0 Å². The summed E-state index contributed by atoms with van der Waals surface area (Å²) in [5.41, 5.74) is 5.22. The molecule has 1 nitrogen and oxygen atoms in total. The van der Waals surface area contributed by atoms with Crippen LogP contribution in [0.2, 0.25) is 0 Å². The summed E-state index contributed by atoms with van der Waals surface area (Å²) < 4.78 is 0. The number of rotatable bonds is 1. The Hall–Kier alpha value is -0.900. The van der Waals surface area contributed by atoms with Gasteiger partial charge in [-0.25, -0.2) is 0 Å². The van der Waals surface area contributed by atoms with Crippen LogP contribution in [0.5, 0.6) is 0 Å². The van der Waals surface area contributed by atoms with Crippen LogP contribution in [0.15, 0.2) is 12.3 Å². The van der Waals surface area contributed by atoms with Gasteiger partial charge in [0.15, 0.2) is 0 Å². The molecule has 0 spiro atoms. The third-order valence-corrected chi connectivity index (χ3v) is 5.37. The molecule has 2 saturated carbocycles. The lowest BCUT2D eigenvalue weighted by Crippen LogP contribution is -2.01. The highest BCUT2D eigenvalue weighted by atomic mass is 14.5. The number of allylic oxidation sites excluding steroid dienone is 1. The van der Waals surface area contributed by atoms with E-state index in [9.17, 15) is 0 Å². The summed E-state index contributed by atoms with van der Waals surface area (Å²) in [6.45, 7) is 10.3. The van der Waals surface area contributed by atoms with Crippen molar-refractivity contribution in [3.63, 3.8) is 0 Å². The Labute approximate surface area is 173 Å². The highest BCUT2D eigenvalue weighted by Crippen LogP contribution is 2.24. The minimum absolute atomic E-state index is 0.622. The van der Waals surface area contributed by atoms with Crippen LogP contribution in [0, 0.1) is 23.7 Å². The topological polar surface area (TPSA) is 26.0 Å². The van der Waals surface area contributed by atoms with Gasteiger partial charge in [0.1, 0.15) is 0 Å². The van der Waals surface area contributed by atoms with Crippen LogP contribution in [0.4, 0.5) is 0 Å². The molecule has 0 heterocycles. The van der Waals surface area contributed by atoms with Crippen LogP contribution >= 0.6 is 0 Å². The van der Waals surface area contributed by atoms with Gasteiger partial charge in [0.05, 0.1) is 0 Å². The highest BCUT2D eigenvalue weighted by Gasteiger charge is 2.08. The summed E-state index contributed by atoms with van der Waals surface area (Å²) in [5.74, 6) is 7.96. The Morgan fingerprint density at radius 1 is 0.704 bits per heavy atom. The standard InChI is InChI=1S/C12H19N.C10H20.2C2H6/c13-11-7-6-10-12-8-4-2-1-3-5-9-12;1-2-10-8-6-4-3-5-7-9-10;2*1-2/h7,11-12H,1-5,8-9,13H2;10H,2-9H2,1H3;2*1-2H3/b11-7+;;;. The molecule has 0 radical (unpaired) electrons. The minimum Gasteiger partial charge on any atom is -0.404 e. The van der Waals surface area contributed by atoms with E-state index in [2.05, 4.69) is 18.8 Å². The minimum atomic E-state index is 0.622. The summed E-state index contributed by atoms with van der Waals surface area (Å²) in [6.07, 6.45) is 24.6. The summed E-state index contributed by atoms with van der Waals surface area (Å²) >= 11 is 0. The fourth-order valence-corrected chi connectivity index (χ4v) is 3.76. The van der Waals surface area contributed by atoms with Gasteiger partial charge in [0.2, 0.25) is 0 Å². The van der Waals surface area contributed by atoms with E-state index in [-0.39, 0.29) is 0 Å². The van der Waals surface area contributed by atoms with Crippen LogP contribution in [-0.2, 0) is 0 Å². The maximum atomic E-state index is 5.22. The van der Waals surface area contributed by atoms with Crippen molar-refractivity contribution in [3.8, 4) is 11.8 Å². The monoisotopic (exact) mass is 377 g/mol.